The quantitative estimate of drug-likeness (QED) is 0.164. The van der Waals surface area contributed by atoms with Crippen LogP contribution in [0.15, 0.2) is 206 Å². The van der Waals surface area contributed by atoms with E-state index in [-0.39, 0.29) is 0 Å². The number of aromatic nitrogens is 1. The van der Waals surface area contributed by atoms with Crippen LogP contribution in [0.5, 0.6) is 0 Å². The lowest BCUT2D eigenvalue weighted by molar-refractivity contribution is 1.18. The number of para-hydroxylation sites is 3. The van der Waals surface area contributed by atoms with Gasteiger partial charge in [-0.1, -0.05) is 164 Å². The molecule has 0 N–H and O–H groups in total. The third kappa shape index (κ3) is 4.67. The van der Waals surface area contributed by atoms with E-state index < -0.39 is 0 Å². The maximum Gasteiger partial charge on any atom is 0.0561 e. The SMILES string of the molecule is c1ccc(-c2ccccc2N(c2ccc3c4ccccc4n(-c4ccccc4)c3c2)c2cc3ccc4ccccc4c3c3c2ccc2ccccc23)cc1. The van der Waals surface area contributed by atoms with Crippen LogP contribution in [0.3, 0.4) is 0 Å². The van der Waals surface area contributed by atoms with Gasteiger partial charge in [-0.05, 0) is 80.3 Å². The monoisotopic (exact) mass is 686 g/mol. The summed E-state index contributed by atoms with van der Waals surface area (Å²) in [5, 5.41) is 12.5. The van der Waals surface area contributed by atoms with Gasteiger partial charge in [-0.15, -0.1) is 0 Å². The van der Waals surface area contributed by atoms with Crippen molar-refractivity contribution < 1.29 is 0 Å². The Labute approximate surface area is 313 Å². The van der Waals surface area contributed by atoms with Crippen molar-refractivity contribution in [3.05, 3.63) is 206 Å². The van der Waals surface area contributed by atoms with Gasteiger partial charge in [0.25, 0.3) is 0 Å². The first kappa shape index (κ1) is 30.5. The van der Waals surface area contributed by atoms with Crippen LogP contribution in [0.1, 0.15) is 0 Å². The third-order valence-electron chi connectivity index (χ3n) is 11.1. The lowest BCUT2D eigenvalue weighted by Crippen LogP contribution is -2.12. The highest BCUT2D eigenvalue weighted by Gasteiger charge is 2.23. The fourth-order valence-corrected chi connectivity index (χ4v) is 8.74. The molecule has 2 nitrogen and oxygen atoms in total. The average molecular weight is 687 g/mol. The molecule has 0 bridgehead atoms. The van der Waals surface area contributed by atoms with E-state index in [1.165, 1.54) is 76.0 Å². The zero-order valence-corrected chi connectivity index (χ0v) is 29.5. The second-order valence-corrected chi connectivity index (χ2v) is 14.1. The minimum Gasteiger partial charge on any atom is -0.309 e. The molecule has 0 amide bonds. The van der Waals surface area contributed by atoms with Gasteiger partial charge in [0.15, 0.2) is 0 Å². The second kappa shape index (κ2) is 12.2. The summed E-state index contributed by atoms with van der Waals surface area (Å²) in [6, 6.07) is 75.4. The van der Waals surface area contributed by atoms with E-state index >= 15 is 0 Å². The van der Waals surface area contributed by atoms with E-state index in [2.05, 4.69) is 216 Å². The van der Waals surface area contributed by atoms with Crippen molar-refractivity contribution in [2.45, 2.75) is 0 Å². The number of fused-ring (bicyclic) bond motifs is 10. The van der Waals surface area contributed by atoms with Gasteiger partial charge in [-0.2, -0.15) is 0 Å². The summed E-state index contributed by atoms with van der Waals surface area (Å²) in [6.07, 6.45) is 0. The molecule has 10 aromatic carbocycles. The summed E-state index contributed by atoms with van der Waals surface area (Å²) in [4.78, 5) is 2.50. The van der Waals surface area contributed by atoms with Gasteiger partial charge < -0.3 is 9.47 Å². The summed E-state index contributed by atoms with van der Waals surface area (Å²) >= 11 is 0. The van der Waals surface area contributed by atoms with Crippen molar-refractivity contribution in [1.29, 1.82) is 0 Å². The van der Waals surface area contributed by atoms with Crippen LogP contribution in [0.2, 0.25) is 0 Å². The molecule has 11 aromatic rings. The zero-order valence-electron chi connectivity index (χ0n) is 29.5. The number of benzene rings is 10. The van der Waals surface area contributed by atoms with Crippen molar-refractivity contribution in [3.63, 3.8) is 0 Å². The maximum absolute atomic E-state index is 2.50. The summed E-state index contributed by atoms with van der Waals surface area (Å²) < 4.78 is 2.41. The molecule has 0 saturated heterocycles. The molecule has 0 aliphatic heterocycles. The van der Waals surface area contributed by atoms with Crippen molar-refractivity contribution >= 4 is 82.0 Å². The van der Waals surface area contributed by atoms with Crippen molar-refractivity contribution in [2.75, 3.05) is 4.90 Å². The molecule has 11 rings (SSSR count). The van der Waals surface area contributed by atoms with Gasteiger partial charge in [-0.25, -0.2) is 0 Å². The van der Waals surface area contributed by atoms with Crippen LogP contribution in [-0.2, 0) is 0 Å². The van der Waals surface area contributed by atoms with E-state index in [1.807, 2.05) is 0 Å². The number of rotatable bonds is 5. The summed E-state index contributed by atoms with van der Waals surface area (Å²) in [7, 11) is 0. The molecule has 0 spiro atoms. The summed E-state index contributed by atoms with van der Waals surface area (Å²) in [5.74, 6) is 0. The standard InChI is InChI=1S/C52H34N2/c1-3-15-35(16-4-1)41-21-11-13-25-47(41)54(40-30-32-45-44-24-12-14-26-48(44)53(50(45)34-40)39-19-5-2-6-20-39)49-33-38-28-27-36-17-7-9-22-42(36)51(38)52-43-23-10-8-18-37(43)29-31-46(49)52/h1-34H. The number of hydrogen-bond donors (Lipinski definition) is 0. The van der Waals surface area contributed by atoms with E-state index in [0.29, 0.717) is 0 Å². The van der Waals surface area contributed by atoms with Gasteiger partial charge in [0.2, 0.25) is 0 Å². The Balaban J connectivity index is 1.29. The van der Waals surface area contributed by atoms with Crippen LogP contribution in [0.25, 0.3) is 81.7 Å². The molecular weight excluding hydrogens is 653 g/mol. The van der Waals surface area contributed by atoms with Gasteiger partial charge in [0.05, 0.1) is 22.4 Å². The van der Waals surface area contributed by atoms with Crippen LogP contribution >= 0.6 is 0 Å². The van der Waals surface area contributed by atoms with E-state index in [9.17, 15) is 0 Å². The molecule has 0 unspecified atom stereocenters. The first-order valence-corrected chi connectivity index (χ1v) is 18.6. The first-order chi connectivity index (χ1) is 26.8. The van der Waals surface area contributed by atoms with Gasteiger partial charge in [0, 0.05) is 38.5 Å². The van der Waals surface area contributed by atoms with Crippen LogP contribution < -0.4 is 4.90 Å². The first-order valence-electron chi connectivity index (χ1n) is 18.6. The molecule has 0 aliphatic carbocycles. The van der Waals surface area contributed by atoms with E-state index in [1.54, 1.807) is 0 Å². The van der Waals surface area contributed by atoms with Crippen molar-refractivity contribution in [2.24, 2.45) is 0 Å². The van der Waals surface area contributed by atoms with Crippen LogP contribution in [0, 0.1) is 0 Å². The Morgan fingerprint density at radius 3 is 1.70 bits per heavy atom. The molecule has 0 atom stereocenters. The normalized spacial score (nSPS) is 11.7. The molecule has 2 heteroatoms. The molecular formula is C52H34N2. The molecule has 0 fully saturated rings. The smallest absolute Gasteiger partial charge is 0.0561 e. The minimum atomic E-state index is 1.10. The van der Waals surface area contributed by atoms with Crippen LogP contribution in [0.4, 0.5) is 17.1 Å². The molecule has 0 saturated carbocycles. The topological polar surface area (TPSA) is 8.17 Å². The average Bonchev–Trinajstić information content (AvgIpc) is 3.58. The summed E-state index contributed by atoms with van der Waals surface area (Å²) in [5.41, 5.74) is 9.23. The number of anilines is 3. The summed E-state index contributed by atoms with van der Waals surface area (Å²) in [6.45, 7) is 0. The number of hydrogen-bond acceptors (Lipinski definition) is 1. The highest BCUT2D eigenvalue weighted by Crippen LogP contribution is 2.48. The Morgan fingerprint density at radius 1 is 0.333 bits per heavy atom. The predicted molar refractivity (Wildman–Crippen MR) is 231 cm³/mol. The lowest BCUT2D eigenvalue weighted by atomic mass is 9.91. The van der Waals surface area contributed by atoms with Gasteiger partial charge in [-0.3, -0.25) is 0 Å². The molecule has 252 valence electrons. The van der Waals surface area contributed by atoms with E-state index in [4.69, 9.17) is 0 Å². The molecule has 0 radical (unpaired) electrons. The fraction of sp³-hybridized carbons (Fsp3) is 0. The third-order valence-corrected chi connectivity index (χ3v) is 11.1. The minimum absolute atomic E-state index is 1.10. The zero-order chi connectivity index (χ0) is 35.6. The highest BCUT2D eigenvalue weighted by atomic mass is 15.1. The Morgan fingerprint density at radius 2 is 0.907 bits per heavy atom. The van der Waals surface area contributed by atoms with Crippen molar-refractivity contribution in [1.82, 2.24) is 4.57 Å². The Bertz CT molecular complexity index is 3210. The Kier molecular flexibility index (Phi) is 6.90. The predicted octanol–water partition coefficient (Wildman–Crippen LogP) is 14.5. The molecule has 1 heterocycles. The fourth-order valence-electron chi connectivity index (χ4n) is 8.74. The Hall–Kier alpha value is -7.16. The second-order valence-electron chi connectivity index (χ2n) is 14.1. The molecule has 54 heavy (non-hydrogen) atoms. The molecule has 0 aliphatic rings. The maximum atomic E-state index is 2.50. The van der Waals surface area contributed by atoms with Gasteiger partial charge in [0.1, 0.15) is 0 Å². The number of nitrogens with zero attached hydrogens (tertiary/aromatic N) is 2. The lowest BCUT2D eigenvalue weighted by Gasteiger charge is -2.30. The van der Waals surface area contributed by atoms with Gasteiger partial charge >= 0.3 is 0 Å². The largest absolute Gasteiger partial charge is 0.309 e. The highest BCUT2D eigenvalue weighted by molar-refractivity contribution is 6.30. The van der Waals surface area contributed by atoms with Crippen LogP contribution in [-0.4, -0.2) is 4.57 Å². The molecule has 1 aromatic heterocycles. The van der Waals surface area contributed by atoms with E-state index in [0.717, 1.165) is 22.7 Å². The van der Waals surface area contributed by atoms with Crippen molar-refractivity contribution in [3.8, 4) is 16.8 Å².